The van der Waals surface area contributed by atoms with E-state index < -0.39 is 10.0 Å². The van der Waals surface area contributed by atoms with Crippen molar-refractivity contribution >= 4 is 33.2 Å². The molecule has 1 aliphatic rings. The summed E-state index contributed by atoms with van der Waals surface area (Å²) >= 11 is 1.99. The third-order valence-electron chi connectivity index (χ3n) is 3.51. The molecule has 0 radical (unpaired) electrons. The Hall–Kier alpha value is -0.920. The molecule has 0 bridgehead atoms. The molecular weight excluding hydrogens is 294 g/mol. The second-order valence-electron chi connectivity index (χ2n) is 4.78. The summed E-state index contributed by atoms with van der Waals surface area (Å²) in [4.78, 5) is 2.45. The number of sulfonamides is 1. The molecule has 0 aromatic heterocycles. The Morgan fingerprint density at radius 3 is 2.85 bits per heavy atom. The summed E-state index contributed by atoms with van der Waals surface area (Å²) in [6.07, 6.45) is 1.13. The van der Waals surface area contributed by atoms with Crippen molar-refractivity contribution in [1.82, 2.24) is 4.72 Å². The molecular formula is C13H21N3O2S2. The molecule has 1 aromatic rings. The fraction of sp³-hybridized carbons (Fsp3) is 0.538. The molecule has 5 nitrogen and oxygen atoms in total. The van der Waals surface area contributed by atoms with Crippen LogP contribution in [0.5, 0.6) is 0 Å². The minimum absolute atomic E-state index is 0.208. The molecule has 1 saturated heterocycles. The monoisotopic (exact) mass is 315 g/mol. The van der Waals surface area contributed by atoms with Crippen LogP contribution in [0.3, 0.4) is 0 Å². The van der Waals surface area contributed by atoms with Crippen LogP contribution >= 0.6 is 11.8 Å². The van der Waals surface area contributed by atoms with E-state index in [0.717, 1.165) is 31.0 Å². The van der Waals surface area contributed by atoms with Gasteiger partial charge in [-0.2, -0.15) is 11.8 Å². The molecule has 20 heavy (non-hydrogen) atoms. The number of rotatable bonds is 4. The lowest BCUT2D eigenvalue weighted by Gasteiger charge is -2.34. The number of nitrogen functional groups attached to an aromatic ring is 1. The zero-order chi connectivity index (χ0) is 14.8. The van der Waals surface area contributed by atoms with E-state index in [1.807, 2.05) is 17.8 Å². The van der Waals surface area contributed by atoms with Gasteiger partial charge in [0, 0.05) is 24.1 Å². The SMILES string of the molecule is CCC1CN(c2ccc(S(=O)(=O)NC)cc2N)CCS1. The van der Waals surface area contributed by atoms with Crippen LogP contribution in [0.1, 0.15) is 13.3 Å². The van der Waals surface area contributed by atoms with Gasteiger partial charge in [0.1, 0.15) is 0 Å². The number of nitrogens with one attached hydrogen (secondary N) is 1. The number of thioether (sulfide) groups is 1. The first-order valence-corrected chi connectivity index (χ1v) is 9.20. The minimum atomic E-state index is -3.44. The molecule has 3 N–H and O–H groups in total. The highest BCUT2D eigenvalue weighted by Crippen LogP contribution is 2.31. The summed E-state index contributed by atoms with van der Waals surface area (Å²) in [7, 11) is -2.04. The van der Waals surface area contributed by atoms with E-state index in [9.17, 15) is 8.42 Å². The first-order chi connectivity index (χ1) is 9.47. The highest BCUT2D eigenvalue weighted by molar-refractivity contribution is 8.00. The van der Waals surface area contributed by atoms with E-state index in [-0.39, 0.29) is 4.90 Å². The van der Waals surface area contributed by atoms with E-state index in [4.69, 9.17) is 5.73 Å². The molecule has 0 aliphatic carbocycles. The van der Waals surface area contributed by atoms with Gasteiger partial charge in [0.2, 0.25) is 10.0 Å². The molecule has 112 valence electrons. The lowest BCUT2D eigenvalue weighted by Crippen LogP contribution is -2.38. The Morgan fingerprint density at radius 2 is 2.25 bits per heavy atom. The topological polar surface area (TPSA) is 75.4 Å². The molecule has 1 aliphatic heterocycles. The molecule has 1 fully saturated rings. The predicted molar refractivity (Wildman–Crippen MR) is 85.8 cm³/mol. The zero-order valence-electron chi connectivity index (χ0n) is 11.8. The van der Waals surface area contributed by atoms with Crippen LogP contribution in [0.2, 0.25) is 0 Å². The normalized spacial score (nSPS) is 20.1. The maximum atomic E-state index is 11.8. The number of anilines is 2. The Labute approximate surface area is 125 Å². The van der Waals surface area contributed by atoms with Crippen LogP contribution in [-0.2, 0) is 10.0 Å². The Balaban J connectivity index is 2.26. The van der Waals surface area contributed by atoms with Gasteiger partial charge in [0.15, 0.2) is 0 Å². The van der Waals surface area contributed by atoms with E-state index in [2.05, 4.69) is 16.5 Å². The number of nitrogens with two attached hydrogens (primary N) is 1. The van der Waals surface area contributed by atoms with E-state index in [1.165, 1.54) is 13.1 Å². The van der Waals surface area contributed by atoms with Crippen LogP contribution in [0, 0.1) is 0 Å². The lowest BCUT2D eigenvalue weighted by molar-refractivity contribution is 0.588. The average Bonchev–Trinajstić information content (AvgIpc) is 2.47. The number of hydrogen-bond donors (Lipinski definition) is 2. The fourth-order valence-electron chi connectivity index (χ4n) is 2.29. The summed E-state index contributed by atoms with van der Waals surface area (Å²) in [5.41, 5.74) is 7.50. The van der Waals surface area contributed by atoms with Gasteiger partial charge in [-0.15, -0.1) is 0 Å². The van der Waals surface area contributed by atoms with Crippen molar-refractivity contribution in [1.29, 1.82) is 0 Å². The molecule has 7 heteroatoms. The molecule has 2 rings (SSSR count). The second kappa shape index (κ2) is 6.24. The molecule has 1 atom stereocenters. The first-order valence-electron chi connectivity index (χ1n) is 6.67. The maximum absolute atomic E-state index is 11.8. The predicted octanol–water partition coefficient (Wildman–Crippen LogP) is 1.51. The van der Waals surface area contributed by atoms with Gasteiger partial charge in [-0.3, -0.25) is 0 Å². The summed E-state index contributed by atoms with van der Waals surface area (Å²) in [6, 6.07) is 4.95. The molecule has 0 spiro atoms. The van der Waals surface area contributed by atoms with E-state index in [0.29, 0.717) is 10.9 Å². The first kappa shape index (κ1) is 15.5. The highest BCUT2D eigenvalue weighted by Gasteiger charge is 2.21. The molecule has 1 aromatic carbocycles. The molecule has 1 unspecified atom stereocenters. The van der Waals surface area contributed by atoms with Crippen molar-refractivity contribution in [2.24, 2.45) is 0 Å². The van der Waals surface area contributed by atoms with Crippen LogP contribution in [-0.4, -0.2) is 39.6 Å². The average molecular weight is 315 g/mol. The van der Waals surface area contributed by atoms with Gasteiger partial charge >= 0.3 is 0 Å². The Morgan fingerprint density at radius 1 is 1.50 bits per heavy atom. The van der Waals surface area contributed by atoms with Crippen molar-refractivity contribution in [3.05, 3.63) is 18.2 Å². The van der Waals surface area contributed by atoms with Crippen LogP contribution in [0.4, 0.5) is 11.4 Å². The standard InChI is InChI=1S/C13H21N3O2S2/c1-3-10-9-16(6-7-19-10)13-5-4-11(8-12(13)14)20(17,18)15-2/h4-5,8,10,15H,3,6-7,9,14H2,1-2H3. The van der Waals surface area contributed by atoms with Crippen molar-refractivity contribution < 1.29 is 8.42 Å². The van der Waals surface area contributed by atoms with Crippen LogP contribution in [0.15, 0.2) is 23.1 Å². The molecule has 0 amide bonds. The Kier molecular flexibility index (Phi) is 4.82. The van der Waals surface area contributed by atoms with Gasteiger partial charge in [-0.1, -0.05) is 6.92 Å². The van der Waals surface area contributed by atoms with Gasteiger partial charge in [0.25, 0.3) is 0 Å². The van der Waals surface area contributed by atoms with Crippen LogP contribution < -0.4 is 15.4 Å². The second-order valence-corrected chi connectivity index (χ2v) is 8.07. The third kappa shape index (κ3) is 3.21. The van der Waals surface area contributed by atoms with Gasteiger partial charge < -0.3 is 10.6 Å². The van der Waals surface area contributed by atoms with Crippen molar-refractivity contribution in [3.63, 3.8) is 0 Å². The van der Waals surface area contributed by atoms with Crippen molar-refractivity contribution in [3.8, 4) is 0 Å². The van der Waals surface area contributed by atoms with Gasteiger partial charge in [0.05, 0.1) is 16.3 Å². The molecule has 0 saturated carbocycles. The third-order valence-corrected chi connectivity index (χ3v) is 6.30. The van der Waals surface area contributed by atoms with Gasteiger partial charge in [-0.05, 0) is 31.7 Å². The Bertz CT molecular complexity index is 575. The fourth-order valence-corrected chi connectivity index (χ4v) is 4.24. The maximum Gasteiger partial charge on any atom is 0.240 e. The lowest BCUT2D eigenvalue weighted by atomic mass is 10.2. The van der Waals surface area contributed by atoms with E-state index >= 15 is 0 Å². The summed E-state index contributed by atoms with van der Waals surface area (Å²) in [6.45, 7) is 4.10. The number of nitrogens with zero attached hydrogens (tertiary/aromatic N) is 1. The number of hydrogen-bond acceptors (Lipinski definition) is 5. The highest BCUT2D eigenvalue weighted by atomic mass is 32.2. The zero-order valence-corrected chi connectivity index (χ0v) is 13.4. The van der Waals surface area contributed by atoms with Crippen molar-refractivity contribution in [2.45, 2.75) is 23.5 Å². The van der Waals surface area contributed by atoms with Crippen LogP contribution in [0.25, 0.3) is 0 Å². The summed E-state index contributed by atoms with van der Waals surface area (Å²) in [5, 5.41) is 0.615. The van der Waals surface area contributed by atoms with Gasteiger partial charge in [-0.25, -0.2) is 13.1 Å². The van der Waals surface area contributed by atoms with Crippen molar-refractivity contribution in [2.75, 3.05) is 36.5 Å². The minimum Gasteiger partial charge on any atom is -0.397 e. The number of benzene rings is 1. The molecule has 1 heterocycles. The quantitative estimate of drug-likeness (QED) is 0.824. The van der Waals surface area contributed by atoms with E-state index in [1.54, 1.807) is 6.07 Å². The smallest absolute Gasteiger partial charge is 0.240 e. The summed E-state index contributed by atoms with van der Waals surface area (Å²) < 4.78 is 25.8. The summed E-state index contributed by atoms with van der Waals surface area (Å²) in [5.74, 6) is 1.08. The largest absolute Gasteiger partial charge is 0.397 e.